The number of amides is 1. The third-order valence-corrected chi connectivity index (χ3v) is 4.51. The molecular formula is C10H10BrNO2S. The molecule has 0 unspecified atom stereocenters. The van der Waals surface area contributed by atoms with Crippen LogP contribution in [-0.2, 0) is 4.79 Å². The molecule has 0 bridgehead atoms. The maximum atomic E-state index is 11.9. The minimum absolute atomic E-state index is 0.0281. The fraction of sp³-hybridized carbons (Fsp3) is 0.400. The number of nitrogens with zero attached hydrogens (tertiary/aromatic N) is 1. The van der Waals surface area contributed by atoms with Gasteiger partial charge in [-0.05, 0) is 34.5 Å². The molecule has 2 heterocycles. The van der Waals surface area contributed by atoms with Crippen molar-refractivity contribution in [2.75, 3.05) is 13.1 Å². The fourth-order valence-electron chi connectivity index (χ4n) is 1.53. The first-order chi connectivity index (χ1) is 7.08. The van der Waals surface area contributed by atoms with Gasteiger partial charge in [-0.3, -0.25) is 9.59 Å². The van der Waals surface area contributed by atoms with Gasteiger partial charge >= 0.3 is 0 Å². The Kier molecular flexibility index (Phi) is 2.93. The van der Waals surface area contributed by atoms with E-state index >= 15 is 0 Å². The van der Waals surface area contributed by atoms with Crippen molar-refractivity contribution in [3.8, 4) is 0 Å². The maximum absolute atomic E-state index is 11.9. The second-order valence-corrected chi connectivity index (χ2v) is 5.95. The highest BCUT2D eigenvalue weighted by atomic mass is 79.9. The Hall–Kier alpha value is -0.680. The number of hydrogen-bond donors (Lipinski definition) is 0. The lowest BCUT2D eigenvalue weighted by Crippen LogP contribution is -2.27. The number of halogens is 1. The first-order valence-electron chi connectivity index (χ1n) is 4.65. The van der Waals surface area contributed by atoms with Crippen LogP contribution in [-0.4, -0.2) is 29.7 Å². The van der Waals surface area contributed by atoms with Crippen molar-refractivity contribution in [1.82, 2.24) is 4.90 Å². The van der Waals surface area contributed by atoms with Crippen molar-refractivity contribution in [2.45, 2.75) is 13.3 Å². The molecule has 0 spiro atoms. The Morgan fingerprint density at radius 2 is 2.33 bits per heavy atom. The van der Waals surface area contributed by atoms with Gasteiger partial charge in [-0.15, -0.1) is 11.3 Å². The van der Waals surface area contributed by atoms with Gasteiger partial charge in [-0.1, -0.05) is 0 Å². The molecule has 1 aliphatic rings. The van der Waals surface area contributed by atoms with Crippen LogP contribution in [0.5, 0.6) is 0 Å². The molecule has 1 saturated heterocycles. The molecule has 0 aliphatic carbocycles. The van der Waals surface area contributed by atoms with E-state index in [4.69, 9.17) is 0 Å². The molecule has 1 amide bonds. The highest BCUT2D eigenvalue weighted by Crippen LogP contribution is 2.28. The van der Waals surface area contributed by atoms with Crippen LogP contribution >= 0.6 is 27.3 Å². The lowest BCUT2D eigenvalue weighted by Gasteiger charge is -2.12. The first kappa shape index (κ1) is 10.8. The van der Waals surface area contributed by atoms with Gasteiger partial charge in [0.2, 0.25) is 0 Å². The summed E-state index contributed by atoms with van der Waals surface area (Å²) in [5.41, 5.74) is 1.06. The second-order valence-electron chi connectivity index (χ2n) is 3.58. The molecule has 1 aliphatic heterocycles. The molecule has 0 aromatic carbocycles. The Labute approximate surface area is 100 Å². The average molecular weight is 288 g/mol. The summed E-state index contributed by atoms with van der Waals surface area (Å²) < 4.78 is 0.983. The number of thiophene rings is 1. The van der Waals surface area contributed by atoms with Crippen LogP contribution < -0.4 is 0 Å². The predicted octanol–water partition coefficient (Wildman–Crippen LogP) is 2.23. The largest absolute Gasteiger partial charge is 0.330 e. The van der Waals surface area contributed by atoms with Crippen molar-refractivity contribution in [3.63, 3.8) is 0 Å². The molecule has 1 fully saturated rings. The Balaban J connectivity index is 2.17. The van der Waals surface area contributed by atoms with Gasteiger partial charge in [0.1, 0.15) is 0 Å². The van der Waals surface area contributed by atoms with E-state index in [2.05, 4.69) is 15.9 Å². The molecule has 0 N–H and O–H groups in total. The van der Waals surface area contributed by atoms with Crippen molar-refractivity contribution in [3.05, 3.63) is 20.3 Å². The van der Waals surface area contributed by atoms with Crippen molar-refractivity contribution < 1.29 is 9.59 Å². The van der Waals surface area contributed by atoms with Gasteiger partial charge in [0.05, 0.1) is 15.2 Å². The normalized spacial score (nSPS) is 16.1. The molecule has 1 aromatic rings. The number of carbonyl (C=O) groups is 2. The monoisotopic (exact) mass is 287 g/mol. The van der Waals surface area contributed by atoms with Crippen LogP contribution in [0, 0.1) is 6.92 Å². The standard InChI is InChI=1S/C10H10BrNO2S/c1-6-4-8(15-9(6)11)10(14)12-3-2-7(13)5-12/h4H,2-3,5H2,1H3. The third kappa shape index (κ3) is 2.13. The van der Waals surface area contributed by atoms with Gasteiger partial charge in [-0.2, -0.15) is 0 Å². The molecule has 0 atom stereocenters. The summed E-state index contributed by atoms with van der Waals surface area (Å²) in [5, 5.41) is 0. The van der Waals surface area contributed by atoms with Crippen LogP contribution in [0.4, 0.5) is 0 Å². The van der Waals surface area contributed by atoms with E-state index in [0.717, 1.165) is 9.35 Å². The first-order valence-corrected chi connectivity index (χ1v) is 6.26. The van der Waals surface area contributed by atoms with Crippen molar-refractivity contribution in [1.29, 1.82) is 0 Å². The smallest absolute Gasteiger partial charge is 0.264 e. The van der Waals surface area contributed by atoms with E-state index in [1.807, 2.05) is 13.0 Å². The minimum Gasteiger partial charge on any atom is -0.330 e. The number of likely N-dealkylation sites (tertiary alicyclic amines) is 1. The van der Waals surface area contributed by atoms with Crippen molar-refractivity contribution in [2.24, 2.45) is 0 Å². The van der Waals surface area contributed by atoms with Crippen LogP contribution in [0.2, 0.25) is 0 Å². The number of carbonyl (C=O) groups excluding carboxylic acids is 2. The molecule has 15 heavy (non-hydrogen) atoms. The predicted molar refractivity (Wildman–Crippen MR) is 62.3 cm³/mol. The zero-order valence-electron chi connectivity index (χ0n) is 8.25. The summed E-state index contributed by atoms with van der Waals surface area (Å²) in [7, 11) is 0. The molecule has 80 valence electrons. The number of Topliss-reactive ketones (excluding diaryl/α,β-unsaturated/α-hetero) is 1. The van der Waals surface area contributed by atoms with Gasteiger partial charge < -0.3 is 4.90 Å². The lowest BCUT2D eigenvalue weighted by molar-refractivity contribution is -0.116. The molecular weight excluding hydrogens is 278 g/mol. The van der Waals surface area contributed by atoms with Crippen LogP contribution in [0.1, 0.15) is 21.7 Å². The molecule has 0 saturated carbocycles. The molecule has 5 heteroatoms. The number of ketones is 1. The second kappa shape index (κ2) is 4.06. The van der Waals surface area contributed by atoms with E-state index in [-0.39, 0.29) is 18.2 Å². The highest BCUT2D eigenvalue weighted by Gasteiger charge is 2.26. The van der Waals surface area contributed by atoms with Crippen LogP contribution in [0.25, 0.3) is 0 Å². The minimum atomic E-state index is -0.0281. The summed E-state index contributed by atoms with van der Waals surface area (Å²) in [4.78, 5) is 25.3. The summed E-state index contributed by atoms with van der Waals surface area (Å²) in [6, 6.07) is 1.86. The molecule has 1 aromatic heterocycles. The summed E-state index contributed by atoms with van der Waals surface area (Å²) in [5.74, 6) is 0.121. The molecule has 2 rings (SSSR count). The highest BCUT2D eigenvalue weighted by molar-refractivity contribution is 9.11. The quantitative estimate of drug-likeness (QED) is 0.794. The molecule has 0 radical (unpaired) electrons. The van der Waals surface area contributed by atoms with E-state index in [9.17, 15) is 9.59 Å². The van der Waals surface area contributed by atoms with E-state index in [1.165, 1.54) is 11.3 Å². The Morgan fingerprint density at radius 3 is 2.80 bits per heavy atom. The zero-order chi connectivity index (χ0) is 11.0. The van der Waals surface area contributed by atoms with Crippen LogP contribution in [0.3, 0.4) is 0 Å². The van der Waals surface area contributed by atoms with Gasteiger partial charge in [0.25, 0.3) is 5.91 Å². The topological polar surface area (TPSA) is 37.4 Å². The van der Waals surface area contributed by atoms with Crippen LogP contribution in [0.15, 0.2) is 9.85 Å². The Morgan fingerprint density at radius 1 is 1.60 bits per heavy atom. The summed E-state index contributed by atoms with van der Waals surface area (Å²) in [6.45, 7) is 2.78. The summed E-state index contributed by atoms with van der Waals surface area (Å²) >= 11 is 4.81. The lowest BCUT2D eigenvalue weighted by atomic mass is 10.3. The average Bonchev–Trinajstić information content (AvgIpc) is 2.74. The van der Waals surface area contributed by atoms with E-state index < -0.39 is 0 Å². The number of aryl methyl sites for hydroxylation is 1. The van der Waals surface area contributed by atoms with Gasteiger partial charge in [-0.25, -0.2) is 0 Å². The SMILES string of the molecule is Cc1cc(C(=O)N2CCC(=O)C2)sc1Br. The van der Waals surface area contributed by atoms with Gasteiger partial charge in [0, 0.05) is 13.0 Å². The number of hydrogen-bond acceptors (Lipinski definition) is 3. The zero-order valence-corrected chi connectivity index (χ0v) is 10.7. The number of rotatable bonds is 1. The summed E-state index contributed by atoms with van der Waals surface area (Å²) in [6.07, 6.45) is 0.497. The van der Waals surface area contributed by atoms with Gasteiger partial charge in [0.15, 0.2) is 5.78 Å². The van der Waals surface area contributed by atoms with E-state index in [1.54, 1.807) is 4.90 Å². The third-order valence-electron chi connectivity index (χ3n) is 2.38. The Bertz CT molecular complexity index is 408. The van der Waals surface area contributed by atoms with Crippen molar-refractivity contribution >= 4 is 39.0 Å². The fourth-order valence-corrected chi connectivity index (χ4v) is 3.03. The van der Waals surface area contributed by atoms with E-state index in [0.29, 0.717) is 17.8 Å². The maximum Gasteiger partial charge on any atom is 0.264 e. The molecule has 3 nitrogen and oxygen atoms in total.